The van der Waals surface area contributed by atoms with Gasteiger partial charge in [0.25, 0.3) is 16.2 Å². The fourth-order valence-electron chi connectivity index (χ4n) is 2.24. The van der Waals surface area contributed by atoms with Crippen molar-refractivity contribution in [2.45, 2.75) is 4.90 Å². The number of benzene rings is 2. The number of ether oxygens (including phenoxy) is 1. The van der Waals surface area contributed by atoms with E-state index in [2.05, 4.69) is 4.72 Å². The summed E-state index contributed by atoms with van der Waals surface area (Å²) >= 11 is 23.8. The third-order valence-corrected chi connectivity index (χ3v) is 5.99. The van der Waals surface area contributed by atoms with Crippen LogP contribution in [0.4, 0.5) is 5.69 Å². The van der Waals surface area contributed by atoms with E-state index in [-0.39, 0.29) is 37.1 Å². The smallest absolute Gasteiger partial charge is 0.264 e. The normalized spacial score (nSPS) is 11.3. The van der Waals surface area contributed by atoms with Crippen LogP contribution < -0.4 is 14.2 Å². The molecule has 0 saturated carbocycles. The van der Waals surface area contributed by atoms with Crippen LogP contribution in [0.5, 0.6) is 11.5 Å². The van der Waals surface area contributed by atoms with Crippen LogP contribution in [0.1, 0.15) is 0 Å². The molecule has 0 spiro atoms. The van der Waals surface area contributed by atoms with Gasteiger partial charge in [0.2, 0.25) is 6.20 Å². The monoisotopic (exact) mass is 479 g/mol. The SMILES string of the molecule is O=S(=O)(Nc1ccc(Oc2cc(Cl)c[n+](O)c2)c(Cl)c1)c1ccc(Cl)cc1Cl. The first kappa shape index (κ1) is 20.8. The van der Waals surface area contributed by atoms with Crippen LogP contribution in [0.25, 0.3) is 0 Å². The van der Waals surface area contributed by atoms with Gasteiger partial charge in [-0.05, 0) is 36.4 Å². The lowest BCUT2D eigenvalue weighted by Crippen LogP contribution is -2.28. The molecule has 0 amide bonds. The molecule has 0 fully saturated rings. The van der Waals surface area contributed by atoms with E-state index in [0.717, 1.165) is 4.73 Å². The van der Waals surface area contributed by atoms with Crippen molar-refractivity contribution in [1.82, 2.24) is 0 Å². The fourth-order valence-corrected chi connectivity index (χ4v) is 4.49. The van der Waals surface area contributed by atoms with Gasteiger partial charge in [0, 0.05) is 15.8 Å². The molecule has 0 unspecified atom stereocenters. The summed E-state index contributed by atoms with van der Waals surface area (Å²) < 4.78 is 33.8. The molecule has 1 heterocycles. The Balaban J connectivity index is 1.84. The van der Waals surface area contributed by atoms with E-state index in [1.165, 1.54) is 54.9 Å². The maximum absolute atomic E-state index is 12.5. The van der Waals surface area contributed by atoms with Crippen LogP contribution >= 0.6 is 46.4 Å². The Morgan fingerprint density at radius 3 is 2.29 bits per heavy atom. The van der Waals surface area contributed by atoms with E-state index >= 15 is 0 Å². The van der Waals surface area contributed by atoms with Crippen molar-refractivity contribution in [2.75, 3.05) is 4.72 Å². The Labute approximate surface area is 180 Å². The predicted molar refractivity (Wildman–Crippen MR) is 108 cm³/mol. The Kier molecular flexibility index (Phi) is 6.12. The second kappa shape index (κ2) is 8.23. The number of anilines is 1. The van der Waals surface area contributed by atoms with Crippen LogP contribution in [0.15, 0.2) is 59.8 Å². The first-order valence-electron chi connectivity index (χ1n) is 7.50. The number of nitrogens with one attached hydrogen (secondary N) is 1. The molecular weight excluding hydrogens is 470 g/mol. The standard InChI is InChI=1S/C17H11Cl4N2O4S/c18-10-1-4-17(15(21)6-10)28(25,26)22-12-2-3-16(14(20)7-12)27-13-5-11(19)8-23(24)9-13/h1-9,22,24H/q+1. The highest BCUT2D eigenvalue weighted by Crippen LogP contribution is 2.33. The van der Waals surface area contributed by atoms with Crippen molar-refractivity contribution in [3.8, 4) is 11.5 Å². The van der Waals surface area contributed by atoms with Crippen LogP contribution in [-0.2, 0) is 10.0 Å². The highest BCUT2D eigenvalue weighted by Gasteiger charge is 2.19. The van der Waals surface area contributed by atoms with Crippen molar-refractivity contribution in [1.29, 1.82) is 0 Å². The zero-order valence-corrected chi connectivity index (χ0v) is 17.6. The molecule has 0 radical (unpaired) electrons. The fraction of sp³-hybridized carbons (Fsp3) is 0. The van der Waals surface area contributed by atoms with E-state index in [1.54, 1.807) is 0 Å². The van der Waals surface area contributed by atoms with Gasteiger partial charge >= 0.3 is 0 Å². The molecule has 28 heavy (non-hydrogen) atoms. The summed E-state index contributed by atoms with van der Waals surface area (Å²) in [6.45, 7) is 0. The third kappa shape index (κ3) is 4.92. The van der Waals surface area contributed by atoms with Gasteiger partial charge in [-0.25, -0.2) is 8.42 Å². The number of aromatic nitrogens is 1. The quantitative estimate of drug-likeness (QED) is 0.377. The molecule has 3 rings (SSSR count). The molecule has 6 nitrogen and oxygen atoms in total. The second-order valence-corrected chi connectivity index (χ2v) is 8.84. The molecule has 0 aliphatic rings. The van der Waals surface area contributed by atoms with Crippen LogP contribution in [0.2, 0.25) is 20.1 Å². The van der Waals surface area contributed by atoms with E-state index < -0.39 is 10.0 Å². The van der Waals surface area contributed by atoms with Crippen molar-refractivity contribution in [3.63, 3.8) is 0 Å². The van der Waals surface area contributed by atoms with Gasteiger partial charge in [0.15, 0.2) is 5.75 Å². The van der Waals surface area contributed by atoms with Crippen molar-refractivity contribution < 1.29 is 23.1 Å². The molecule has 3 aromatic rings. The Hall–Kier alpha value is -1.90. The molecule has 0 aliphatic heterocycles. The highest BCUT2D eigenvalue weighted by atomic mass is 35.5. The van der Waals surface area contributed by atoms with Crippen molar-refractivity contribution in [3.05, 3.63) is 74.9 Å². The average Bonchev–Trinajstić information content (AvgIpc) is 2.55. The Morgan fingerprint density at radius 2 is 1.64 bits per heavy atom. The summed E-state index contributed by atoms with van der Waals surface area (Å²) in [6.07, 6.45) is 2.55. The van der Waals surface area contributed by atoms with E-state index in [0.29, 0.717) is 5.02 Å². The summed E-state index contributed by atoms with van der Waals surface area (Å²) in [6, 6.07) is 9.83. The number of rotatable bonds is 5. The number of hydrogen-bond acceptors (Lipinski definition) is 4. The summed E-state index contributed by atoms with van der Waals surface area (Å²) in [4.78, 5) is -0.124. The van der Waals surface area contributed by atoms with Crippen molar-refractivity contribution >= 4 is 62.1 Å². The molecule has 0 bridgehead atoms. The first-order valence-corrected chi connectivity index (χ1v) is 10.5. The van der Waals surface area contributed by atoms with Gasteiger partial charge in [-0.3, -0.25) is 9.93 Å². The summed E-state index contributed by atoms with van der Waals surface area (Å²) in [5.41, 5.74) is 0.201. The van der Waals surface area contributed by atoms with E-state index in [1.807, 2.05) is 0 Å². The minimum absolute atomic E-state index is 0.00989. The number of sulfonamides is 1. The van der Waals surface area contributed by atoms with Gasteiger partial charge in [0.1, 0.15) is 15.7 Å². The number of nitrogens with zero attached hydrogens (tertiary/aromatic N) is 1. The highest BCUT2D eigenvalue weighted by molar-refractivity contribution is 7.92. The zero-order chi connectivity index (χ0) is 20.5. The first-order chi connectivity index (χ1) is 13.1. The van der Waals surface area contributed by atoms with Gasteiger partial charge in [-0.15, -0.1) is 0 Å². The maximum atomic E-state index is 12.5. The zero-order valence-electron chi connectivity index (χ0n) is 13.7. The number of pyridine rings is 1. The molecule has 0 atom stereocenters. The summed E-state index contributed by atoms with van der Waals surface area (Å²) in [5.74, 6) is 0.467. The largest absolute Gasteiger partial charge is 0.449 e. The molecule has 0 aliphatic carbocycles. The Bertz CT molecular complexity index is 1140. The van der Waals surface area contributed by atoms with Crippen LogP contribution in [0.3, 0.4) is 0 Å². The third-order valence-electron chi connectivity index (χ3n) is 3.39. The predicted octanol–water partition coefficient (Wildman–Crippen LogP) is 5.42. The van der Waals surface area contributed by atoms with Gasteiger partial charge in [-0.2, -0.15) is 0 Å². The number of halogens is 4. The molecule has 146 valence electrons. The topological polar surface area (TPSA) is 79.5 Å². The van der Waals surface area contributed by atoms with Gasteiger partial charge in [0.05, 0.1) is 15.7 Å². The molecule has 2 aromatic carbocycles. The van der Waals surface area contributed by atoms with Gasteiger partial charge < -0.3 is 4.74 Å². The lowest BCUT2D eigenvalue weighted by Gasteiger charge is -2.12. The molecule has 1 aromatic heterocycles. The van der Waals surface area contributed by atoms with Crippen molar-refractivity contribution in [2.24, 2.45) is 0 Å². The van der Waals surface area contributed by atoms with E-state index in [4.69, 9.17) is 51.1 Å². The number of hydrogen-bond donors (Lipinski definition) is 2. The molecule has 0 saturated heterocycles. The maximum Gasteiger partial charge on any atom is 0.264 e. The molecule has 2 N–H and O–H groups in total. The average molecular weight is 481 g/mol. The van der Waals surface area contributed by atoms with Gasteiger partial charge in [-0.1, -0.05) is 46.4 Å². The summed E-state index contributed by atoms with van der Waals surface area (Å²) in [7, 11) is -3.95. The van der Waals surface area contributed by atoms with Crippen LogP contribution in [0, 0.1) is 0 Å². The molecule has 11 heteroatoms. The Morgan fingerprint density at radius 1 is 0.893 bits per heavy atom. The van der Waals surface area contributed by atoms with Crippen LogP contribution in [-0.4, -0.2) is 13.6 Å². The minimum Gasteiger partial charge on any atom is -0.449 e. The lowest BCUT2D eigenvalue weighted by atomic mass is 10.3. The lowest BCUT2D eigenvalue weighted by molar-refractivity contribution is -0.904. The summed E-state index contributed by atoms with van der Waals surface area (Å²) in [5, 5.41) is 10.2. The van der Waals surface area contributed by atoms with E-state index in [9.17, 15) is 13.6 Å². The second-order valence-electron chi connectivity index (χ2n) is 5.50. The minimum atomic E-state index is -3.95. The molecular formula is C17H11Cl4N2O4S+.